The summed E-state index contributed by atoms with van der Waals surface area (Å²) in [6.45, 7) is 11.9. The minimum Gasteiger partial charge on any atom is -0.350 e. The lowest BCUT2D eigenvalue weighted by Gasteiger charge is -2.41. The first kappa shape index (κ1) is 18.6. The summed E-state index contributed by atoms with van der Waals surface area (Å²) in [7, 11) is 0. The van der Waals surface area contributed by atoms with Gasteiger partial charge in [-0.05, 0) is 53.6 Å². The maximum Gasteiger partial charge on any atom is 0.289 e. The van der Waals surface area contributed by atoms with Crippen molar-refractivity contribution < 1.29 is 9.32 Å². The Morgan fingerprint density at radius 2 is 2.04 bits per heavy atom. The standard InChI is InChI=1S/C19H29N5O2/c1-5-24-14(2)15(12-21-24)16-11-17(26-22-16)18(25)20-13-19(3,4)23-9-7-6-8-10-23/h11-12H,5-10,13H2,1-4H3,(H,20,25). The smallest absolute Gasteiger partial charge is 0.289 e. The van der Waals surface area contributed by atoms with E-state index in [1.807, 2.05) is 18.5 Å². The fraction of sp³-hybridized carbons (Fsp3) is 0.632. The van der Waals surface area contributed by atoms with Crippen molar-refractivity contribution in [1.29, 1.82) is 0 Å². The van der Waals surface area contributed by atoms with E-state index >= 15 is 0 Å². The second-order valence-electron chi connectivity index (χ2n) is 7.58. The Morgan fingerprint density at radius 3 is 2.69 bits per heavy atom. The predicted octanol–water partition coefficient (Wildman–Crippen LogP) is 2.86. The third kappa shape index (κ3) is 3.82. The molecular weight excluding hydrogens is 330 g/mol. The van der Waals surface area contributed by atoms with Crippen LogP contribution in [0, 0.1) is 6.92 Å². The summed E-state index contributed by atoms with van der Waals surface area (Å²) < 4.78 is 7.17. The SMILES string of the molecule is CCn1ncc(-c2cc(C(=O)NCC(C)(C)N3CCCCC3)on2)c1C. The van der Waals surface area contributed by atoms with E-state index in [0.29, 0.717) is 12.2 Å². The molecule has 1 amide bonds. The van der Waals surface area contributed by atoms with Crippen LogP contribution in [-0.2, 0) is 6.54 Å². The highest BCUT2D eigenvalue weighted by Gasteiger charge is 2.29. The Kier molecular flexibility index (Phi) is 5.46. The lowest BCUT2D eigenvalue weighted by Crippen LogP contribution is -2.53. The molecule has 1 N–H and O–H groups in total. The molecule has 1 saturated heterocycles. The first-order chi connectivity index (χ1) is 12.4. The van der Waals surface area contributed by atoms with Gasteiger partial charge in [-0.15, -0.1) is 0 Å². The van der Waals surface area contributed by atoms with Gasteiger partial charge < -0.3 is 9.84 Å². The number of aryl methyl sites for hydroxylation is 1. The Morgan fingerprint density at radius 1 is 1.31 bits per heavy atom. The van der Waals surface area contributed by atoms with E-state index in [1.54, 1.807) is 12.3 Å². The molecule has 2 aromatic heterocycles. The highest BCUT2D eigenvalue weighted by molar-refractivity contribution is 5.92. The third-order valence-corrected chi connectivity index (χ3v) is 5.31. The first-order valence-corrected chi connectivity index (χ1v) is 9.45. The lowest BCUT2D eigenvalue weighted by atomic mass is 9.98. The van der Waals surface area contributed by atoms with E-state index in [4.69, 9.17) is 4.52 Å². The van der Waals surface area contributed by atoms with Crippen LogP contribution in [0.1, 0.15) is 56.3 Å². The molecule has 1 fully saturated rings. The Bertz CT molecular complexity index is 756. The molecule has 7 nitrogen and oxygen atoms in total. The van der Waals surface area contributed by atoms with Gasteiger partial charge in [-0.2, -0.15) is 5.10 Å². The van der Waals surface area contributed by atoms with Crippen molar-refractivity contribution in [2.24, 2.45) is 0 Å². The number of carbonyl (C=O) groups excluding carboxylic acids is 1. The second kappa shape index (κ2) is 7.61. The van der Waals surface area contributed by atoms with Gasteiger partial charge >= 0.3 is 0 Å². The van der Waals surface area contributed by atoms with Crippen molar-refractivity contribution in [3.8, 4) is 11.3 Å². The van der Waals surface area contributed by atoms with E-state index in [9.17, 15) is 4.79 Å². The minimum absolute atomic E-state index is 0.0716. The van der Waals surface area contributed by atoms with E-state index < -0.39 is 0 Å². The van der Waals surface area contributed by atoms with Crippen molar-refractivity contribution in [3.63, 3.8) is 0 Å². The van der Waals surface area contributed by atoms with Crippen molar-refractivity contribution >= 4 is 5.91 Å². The molecule has 0 aromatic carbocycles. The number of amides is 1. The van der Waals surface area contributed by atoms with Gasteiger partial charge in [0.15, 0.2) is 0 Å². The predicted molar refractivity (Wildman–Crippen MR) is 100.0 cm³/mol. The van der Waals surface area contributed by atoms with E-state index in [1.165, 1.54) is 19.3 Å². The normalized spacial score (nSPS) is 16.0. The number of hydrogen-bond acceptors (Lipinski definition) is 5. The van der Waals surface area contributed by atoms with E-state index in [-0.39, 0.29) is 17.2 Å². The highest BCUT2D eigenvalue weighted by Crippen LogP contribution is 2.23. The molecule has 1 aliphatic heterocycles. The Hall–Kier alpha value is -2.15. The fourth-order valence-electron chi connectivity index (χ4n) is 3.52. The zero-order chi connectivity index (χ0) is 18.7. The molecule has 0 atom stereocenters. The van der Waals surface area contributed by atoms with Crippen LogP contribution < -0.4 is 5.32 Å². The van der Waals surface area contributed by atoms with Crippen LogP contribution in [0.5, 0.6) is 0 Å². The molecule has 1 aliphatic rings. The number of hydrogen-bond donors (Lipinski definition) is 1. The molecule has 3 heterocycles. The van der Waals surface area contributed by atoms with Crippen molar-refractivity contribution in [3.05, 3.63) is 23.7 Å². The quantitative estimate of drug-likeness (QED) is 0.858. The number of nitrogens with zero attached hydrogens (tertiary/aromatic N) is 4. The largest absolute Gasteiger partial charge is 0.350 e. The number of carbonyl (C=O) groups is 1. The van der Waals surface area contributed by atoms with Crippen molar-refractivity contribution in [2.45, 2.75) is 59.0 Å². The van der Waals surface area contributed by atoms with E-state index in [2.05, 4.69) is 34.3 Å². The van der Waals surface area contributed by atoms with Crippen LogP contribution in [0.3, 0.4) is 0 Å². The van der Waals surface area contributed by atoms with Gasteiger partial charge in [-0.3, -0.25) is 14.4 Å². The van der Waals surface area contributed by atoms with E-state index in [0.717, 1.165) is 30.9 Å². The summed E-state index contributed by atoms with van der Waals surface area (Å²) >= 11 is 0. The molecule has 7 heteroatoms. The first-order valence-electron chi connectivity index (χ1n) is 9.45. The lowest BCUT2D eigenvalue weighted by molar-refractivity contribution is 0.0774. The summed E-state index contributed by atoms with van der Waals surface area (Å²) in [4.78, 5) is 14.9. The van der Waals surface area contributed by atoms with Crippen LogP contribution in [0.2, 0.25) is 0 Å². The van der Waals surface area contributed by atoms with Gasteiger partial charge in [0, 0.05) is 36.0 Å². The Balaban J connectivity index is 1.63. The number of nitrogens with one attached hydrogen (secondary N) is 1. The zero-order valence-corrected chi connectivity index (χ0v) is 16.2. The van der Waals surface area contributed by atoms with Crippen LogP contribution in [0.25, 0.3) is 11.3 Å². The molecule has 26 heavy (non-hydrogen) atoms. The molecule has 0 aliphatic carbocycles. The van der Waals surface area contributed by atoms with Crippen LogP contribution in [0.4, 0.5) is 0 Å². The Labute approximate surface area is 154 Å². The van der Waals surface area contributed by atoms with Crippen molar-refractivity contribution in [2.75, 3.05) is 19.6 Å². The van der Waals surface area contributed by atoms with Gasteiger partial charge in [0.05, 0.1) is 6.20 Å². The monoisotopic (exact) mass is 359 g/mol. The van der Waals surface area contributed by atoms with Gasteiger partial charge in [0.2, 0.25) is 5.76 Å². The molecule has 0 radical (unpaired) electrons. The summed E-state index contributed by atoms with van der Waals surface area (Å²) in [5.41, 5.74) is 2.47. The molecule has 3 rings (SSSR count). The molecule has 0 unspecified atom stereocenters. The summed E-state index contributed by atoms with van der Waals surface area (Å²) in [6, 6.07) is 1.69. The van der Waals surface area contributed by atoms with Crippen LogP contribution in [0.15, 0.2) is 16.8 Å². The maximum absolute atomic E-state index is 12.5. The van der Waals surface area contributed by atoms with Crippen LogP contribution >= 0.6 is 0 Å². The minimum atomic E-state index is -0.227. The highest BCUT2D eigenvalue weighted by atomic mass is 16.5. The number of aromatic nitrogens is 3. The average Bonchev–Trinajstić information content (AvgIpc) is 3.27. The van der Waals surface area contributed by atoms with Gasteiger partial charge in [-0.1, -0.05) is 11.6 Å². The molecule has 2 aromatic rings. The number of rotatable bonds is 6. The molecule has 0 saturated carbocycles. The van der Waals surface area contributed by atoms with Crippen molar-refractivity contribution in [1.82, 2.24) is 25.2 Å². The molecule has 0 spiro atoms. The van der Waals surface area contributed by atoms with Crippen LogP contribution in [-0.4, -0.2) is 50.9 Å². The molecular formula is C19H29N5O2. The van der Waals surface area contributed by atoms with Gasteiger partial charge in [0.1, 0.15) is 5.69 Å². The summed E-state index contributed by atoms with van der Waals surface area (Å²) in [6.07, 6.45) is 5.52. The topological polar surface area (TPSA) is 76.2 Å². The number of piperidine rings is 1. The molecule has 0 bridgehead atoms. The second-order valence-corrected chi connectivity index (χ2v) is 7.58. The van der Waals surface area contributed by atoms with Gasteiger partial charge in [0.25, 0.3) is 5.91 Å². The zero-order valence-electron chi connectivity index (χ0n) is 16.2. The molecule has 142 valence electrons. The fourth-order valence-corrected chi connectivity index (χ4v) is 3.52. The summed E-state index contributed by atoms with van der Waals surface area (Å²) in [5, 5.41) is 11.4. The average molecular weight is 359 g/mol. The maximum atomic E-state index is 12.5. The number of likely N-dealkylation sites (tertiary alicyclic amines) is 1. The van der Waals surface area contributed by atoms with Gasteiger partial charge in [-0.25, -0.2) is 0 Å². The summed E-state index contributed by atoms with van der Waals surface area (Å²) in [5.74, 6) is 0.00691. The third-order valence-electron chi connectivity index (χ3n) is 5.31.